The predicted molar refractivity (Wildman–Crippen MR) is 190 cm³/mol. The molecule has 1 aromatic heterocycles. The van der Waals surface area contributed by atoms with Crippen molar-refractivity contribution >= 4 is 45.4 Å². The van der Waals surface area contributed by atoms with Crippen LogP contribution in [0.2, 0.25) is 0 Å². The highest BCUT2D eigenvalue weighted by atomic mass is 32.1. The minimum absolute atomic E-state index is 0.0717. The number of nitrogens with zero attached hydrogens (tertiary/aromatic N) is 2. The van der Waals surface area contributed by atoms with E-state index in [9.17, 15) is 19.2 Å². The van der Waals surface area contributed by atoms with Crippen LogP contribution in [-0.2, 0) is 19.1 Å². The Kier molecular flexibility index (Phi) is 10.7. The van der Waals surface area contributed by atoms with Crippen LogP contribution in [0.25, 0.3) is 10.2 Å². The summed E-state index contributed by atoms with van der Waals surface area (Å²) in [4.78, 5) is 66.9. The van der Waals surface area contributed by atoms with E-state index in [0.717, 1.165) is 29.5 Å². The van der Waals surface area contributed by atoms with E-state index >= 15 is 0 Å². The zero-order valence-corrected chi connectivity index (χ0v) is 30.1. The van der Waals surface area contributed by atoms with Crippen LogP contribution in [0, 0.1) is 5.92 Å². The van der Waals surface area contributed by atoms with E-state index in [1.807, 2.05) is 36.4 Å². The fraction of sp³-hybridized carbons (Fsp3) is 0.486. The Bertz CT molecular complexity index is 1780. The molecule has 3 aliphatic rings. The van der Waals surface area contributed by atoms with Gasteiger partial charge in [-0.1, -0.05) is 54.5 Å². The van der Waals surface area contributed by atoms with Gasteiger partial charge in [0.15, 0.2) is 5.75 Å². The second-order valence-electron chi connectivity index (χ2n) is 14.2. The maximum absolute atomic E-state index is 14.4. The number of carbonyl (C=O) groups excluding carboxylic acids is 4. The summed E-state index contributed by atoms with van der Waals surface area (Å²) in [5.74, 6) is -0.535. The van der Waals surface area contributed by atoms with Crippen molar-refractivity contribution < 1.29 is 38.2 Å². The van der Waals surface area contributed by atoms with Crippen molar-refractivity contribution in [3.63, 3.8) is 0 Å². The van der Waals surface area contributed by atoms with E-state index in [4.69, 9.17) is 19.0 Å². The molecular weight excluding hydrogens is 675 g/mol. The van der Waals surface area contributed by atoms with Gasteiger partial charge in [-0.05, 0) is 76.8 Å². The lowest BCUT2D eigenvalue weighted by molar-refractivity contribution is -0.142. The largest absolute Gasteiger partial charge is 0.497 e. The molecule has 4 amide bonds. The van der Waals surface area contributed by atoms with Gasteiger partial charge in [0.2, 0.25) is 11.8 Å². The summed E-state index contributed by atoms with van der Waals surface area (Å²) in [7, 11) is 1.59. The van der Waals surface area contributed by atoms with Gasteiger partial charge < -0.3 is 34.6 Å². The summed E-state index contributed by atoms with van der Waals surface area (Å²) in [6.07, 6.45) is 6.71. The van der Waals surface area contributed by atoms with Crippen molar-refractivity contribution in [2.24, 2.45) is 5.92 Å². The van der Waals surface area contributed by atoms with Crippen molar-refractivity contribution in [1.82, 2.24) is 26.0 Å². The number of rotatable bonds is 7. The SMILES string of the molecule is COc1ccc2nc(O[C@@H]3C[C@H]4C(=O)N[C@]5(C(=O)NOc6ccccc6)C[C@@H]5/C=C\CCCCC[C@H](NC(=O)OC(C)(C)C)C(=O)N4C3)sc2c1. The fourth-order valence-corrected chi connectivity index (χ4v) is 7.41. The smallest absolute Gasteiger partial charge is 0.408 e. The number of fused-ring (bicyclic) bond motifs is 3. The first kappa shape index (κ1) is 36.0. The second kappa shape index (κ2) is 15.2. The number of hydroxylamine groups is 1. The van der Waals surface area contributed by atoms with Gasteiger partial charge in [-0.3, -0.25) is 14.4 Å². The lowest BCUT2D eigenvalue weighted by Gasteiger charge is -2.30. The summed E-state index contributed by atoms with van der Waals surface area (Å²) < 4.78 is 18.0. The molecule has 1 saturated heterocycles. The lowest BCUT2D eigenvalue weighted by atomic mass is 10.0. The van der Waals surface area contributed by atoms with Crippen LogP contribution in [0.4, 0.5) is 4.79 Å². The molecule has 2 fully saturated rings. The third-order valence-corrected chi connectivity index (χ3v) is 10.1. The Hall–Kier alpha value is -4.85. The van der Waals surface area contributed by atoms with Crippen LogP contribution in [0.3, 0.4) is 0 Å². The third kappa shape index (κ3) is 8.73. The maximum atomic E-state index is 14.4. The Morgan fingerprint density at radius 3 is 2.63 bits per heavy atom. The number of carbonyl (C=O) groups is 4. The zero-order valence-electron chi connectivity index (χ0n) is 29.3. The number of allylic oxidation sites excluding steroid dienone is 1. The average molecular weight is 720 g/mol. The number of hydrogen-bond donors (Lipinski definition) is 3. The molecule has 0 radical (unpaired) electrons. The van der Waals surface area contributed by atoms with Crippen molar-refractivity contribution in [3.8, 4) is 16.7 Å². The van der Waals surface area contributed by atoms with Crippen molar-refractivity contribution in [2.45, 2.75) is 95.0 Å². The number of alkyl carbamates (subject to hydrolysis) is 1. The molecular formula is C37H45N5O8S. The molecule has 14 heteroatoms. The molecule has 2 aliphatic heterocycles. The molecule has 13 nitrogen and oxygen atoms in total. The summed E-state index contributed by atoms with van der Waals surface area (Å²) in [5, 5.41) is 6.16. The fourth-order valence-electron chi connectivity index (χ4n) is 6.50. The molecule has 3 aromatic rings. The van der Waals surface area contributed by atoms with E-state index in [0.29, 0.717) is 36.0 Å². The number of ether oxygens (including phenoxy) is 3. The number of amides is 4. The molecule has 5 atom stereocenters. The minimum atomic E-state index is -1.27. The van der Waals surface area contributed by atoms with Crippen LogP contribution in [0.5, 0.6) is 16.7 Å². The van der Waals surface area contributed by atoms with E-state index in [1.165, 1.54) is 16.2 Å². The maximum Gasteiger partial charge on any atom is 0.408 e. The number of methoxy groups -OCH3 is 1. The summed E-state index contributed by atoms with van der Waals surface area (Å²) in [6, 6.07) is 12.4. The molecule has 51 heavy (non-hydrogen) atoms. The van der Waals surface area contributed by atoms with Crippen LogP contribution in [0.15, 0.2) is 60.7 Å². The van der Waals surface area contributed by atoms with Gasteiger partial charge in [-0.2, -0.15) is 5.48 Å². The van der Waals surface area contributed by atoms with E-state index < -0.39 is 53.1 Å². The molecule has 3 heterocycles. The molecule has 0 bridgehead atoms. The second-order valence-corrected chi connectivity index (χ2v) is 15.2. The Morgan fingerprint density at radius 2 is 1.86 bits per heavy atom. The van der Waals surface area contributed by atoms with E-state index in [2.05, 4.69) is 21.1 Å². The van der Waals surface area contributed by atoms with Gasteiger partial charge in [0.05, 0.1) is 23.9 Å². The Labute approximate surface area is 301 Å². The highest BCUT2D eigenvalue weighted by molar-refractivity contribution is 7.20. The molecule has 1 aliphatic carbocycles. The van der Waals surface area contributed by atoms with Gasteiger partial charge >= 0.3 is 6.09 Å². The summed E-state index contributed by atoms with van der Waals surface area (Å²) in [6.45, 7) is 5.33. The minimum Gasteiger partial charge on any atom is -0.497 e. The highest BCUT2D eigenvalue weighted by Gasteiger charge is 2.61. The molecule has 2 aromatic carbocycles. The van der Waals surface area contributed by atoms with Crippen molar-refractivity contribution in [2.75, 3.05) is 13.7 Å². The van der Waals surface area contributed by atoms with Gasteiger partial charge in [0.25, 0.3) is 11.1 Å². The van der Waals surface area contributed by atoms with Crippen LogP contribution >= 0.6 is 11.3 Å². The first-order chi connectivity index (χ1) is 24.4. The van der Waals surface area contributed by atoms with E-state index in [-0.39, 0.29) is 18.9 Å². The number of para-hydroxylation sites is 1. The van der Waals surface area contributed by atoms with Gasteiger partial charge in [-0.15, -0.1) is 0 Å². The van der Waals surface area contributed by atoms with Crippen LogP contribution in [0.1, 0.15) is 65.7 Å². The molecule has 3 N–H and O–H groups in total. The van der Waals surface area contributed by atoms with Crippen LogP contribution in [-0.4, -0.2) is 76.7 Å². The summed E-state index contributed by atoms with van der Waals surface area (Å²) in [5.41, 5.74) is 1.22. The monoisotopic (exact) mass is 719 g/mol. The molecule has 1 saturated carbocycles. The van der Waals surface area contributed by atoms with Gasteiger partial charge in [-0.25, -0.2) is 9.78 Å². The average Bonchev–Trinajstić information content (AvgIpc) is 3.40. The first-order valence-electron chi connectivity index (χ1n) is 17.4. The number of benzene rings is 2. The van der Waals surface area contributed by atoms with E-state index in [1.54, 1.807) is 52.1 Å². The standard InChI is InChI=1S/C37H45N5O8S/c1-36(2,3)49-34(46)38-28-16-12-7-5-6-9-13-23-21-37(23,33(45)41-50-24-14-10-8-11-15-24)40-31(43)29-19-26(22-42(29)32(28)44)48-35-39-27-18-17-25(47-4)20-30(27)51-35/h8-11,13-15,17-18,20,23,26,28-29H,5-7,12,16,19,21-22H2,1-4H3,(H,38,46)(H,40,43)(H,41,45)/b13-9-/t23-,26+,28-,29-,37+/m0/s1. The van der Waals surface area contributed by atoms with Crippen LogP contribution < -0.4 is 30.4 Å². The Morgan fingerprint density at radius 1 is 1.06 bits per heavy atom. The normalized spacial score (nSPS) is 26.0. The molecule has 272 valence electrons. The molecule has 0 spiro atoms. The quantitative estimate of drug-likeness (QED) is 0.225. The topological polar surface area (TPSA) is 157 Å². The van der Waals surface area contributed by atoms with Gasteiger partial charge in [0, 0.05) is 12.3 Å². The lowest BCUT2D eigenvalue weighted by Crippen LogP contribution is -2.58. The predicted octanol–water partition coefficient (Wildman–Crippen LogP) is 5.05. The zero-order chi connectivity index (χ0) is 36.2. The molecule has 6 rings (SSSR count). The molecule has 0 unspecified atom stereocenters. The Balaban J connectivity index is 1.27. The number of thiazole rings is 1. The first-order valence-corrected chi connectivity index (χ1v) is 18.2. The van der Waals surface area contributed by atoms with Gasteiger partial charge in [0.1, 0.15) is 35.1 Å². The van der Waals surface area contributed by atoms with Crippen molar-refractivity contribution in [1.29, 1.82) is 0 Å². The third-order valence-electron chi connectivity index (χ3n) is 9.18. The summed E-state index contributed by atoms with van der Waals surface area (Å²) >= 11 is 1.34. The van der Waals surface area contributed by atoms with Crippen molar-refractivity contribution in [3.05, 3.63) is 60.7 Å². The number of hydrogen-bond acceptors (Lipinski definition) is 10. The highest BCUT2D eigenvalue weighted by Crippen LogP contribution is 2.45. The number of aromatic nitrogens is 1. The number of nitrogens with one attached hydrogen (secondary N) is 3.